The van der Waals surface area contributed by atoms with Crippen molar-refractivity contribution in [2.75, 3.05) is 0 Å². The SMILES string of the molecule is O=C(O)/C=C/c1ccc(O)c(Br)c1. The molecule has 1 rings (SSSR count). The number of phenolic OH excluding ortho intramolecular Hbond substituents is 1. The summed E-state index contributed by atoms with van der Waals surface area (Å²) < 4.78 is 0.542. The monoisotopic (exact) mass is 242 g/mol. The molecule has 0 unspecified atom stereocenters. The highest BCUT2D eigenvalue weighted by molar-refractivity contribution is 9.10. The minimum atomic E-state index is -0.996. The minimum absolute atomic E-state index is 0.132. The largest absolute Gasteiger partial charge is 0.507 e. The first-order chi connectivity index (χ1) is 6.09. The summed E-state index contributed by atoms with van der Waals surface area (Å²) in [6.07, 6.45) is 2.49. The van der Waals surface area contributed by atoms with E-state index in [1.165, 1.54) is 12.1 Å². The quantitative estimate of drug-likeness (QED) is 0.783. The number of benzene rings is 1. The molecule has 0 saturated carbocycles. The molecule has 0 aliphatic carbocycles. The molecule has 0 aliphatic heterocycles. The molecule has 0 saturated heterocycles. The predicted octanol–water partition coefficient (Wildman–Crippen LogP) is 2.25. The van der Waals surface area contributed by atoms with Gasteiger partial charge in [0.25, 0.3) is 0 Å². The third kappa shape index (κ3) is 2.91. The third-order valence-electron chi connectivity index (χ3n) is 1.39. The zero-order valence-corrected chi connectivity index (χ0v) is 8.15. The summed E-state index contributed by atoms with van der Waals surface area (Å²) >= 11 is 3.12. The van der Waals surface area contributed by atoms with Crippen LogP contribution in [0.4, 0.5) is 0 Å². The zero-order chi connectivity index (χ0) is 9.84. The Hall–Kier alpha value is -1.29. The normalized spacial score (nSPS) is 10.5. The number of carboxylic acid groups (broad SMARTS) is 1. The van der Waals surface area contributed by atoms with E-state index >= 15 is 0 Å². The van der Waals surface area contributed by atoms with E-state index in [0.29, 0.717) is 10.0 Å². The first kappa shape index (κ1) is 9.80. The Bertz CT molecular complexity index is 358. The van der Waals surface area contributed by atoms with E-state index < -0.39 is 5.97 Å². The average Bonchev–Trinajstić information content (AvgIpc) is 2.07. The van der Waals surface area contributed by atoms with Gasteiger partial charge in [-0.25, -0.2) is 4.79 Å². The number of carboxylic acids is 1. The summed E-state index contributed by atoms with van der Waals surface area (Å²) in [4.78, 5) is 10.2. The number of hydrogen-bond acceptors (Lipinski definition) is 2. The number of halogens is 1. The first-order valence-electron chi connectivity index (χ1n) is 3.49. The van der Waals surface area contributed by atoms with Gasteiger partial charge in [0.05, 0.1) is 4.47 Å². The second-order valence-electron chi connectivity index (χ2n) is 2.38. The molecule has 1 aromatic rings. The van der Waals surface area contributed by atoms with Crippen LogP contribution in [0.5, 0.6) is 5.75 Å². The van der Waals surface area contributed by atoms with Gasteiger partial charge in [-0.3, -0.25) is 0 Å². The molecule has 2 N–H and O–H groups in total. The van der Waals surface area contributed by atoms with Gasteiger partial charge in [0.2, 0.25) is 0 Å². The van der Waals surface area contributed by atoms with Crippen LogP contribution in [0.15, 0.2) is 28.7 Å². The van der Waals surface area contributed by atoms with Crippen LogP contribution in [-0.2, 0) is 4.79 Å². The number of aromatic hydroxyl groups is 1. The van der Waals surface area contributed by atoms with Gasteiger partial charge < -0.3 is 10.2 Å². The molecule has 0 atom stereocenters. The standard InChI is InChI=1S/C9H7BrO3/c10-7-5-6(1-3-8(7)11)2-4-9(12)13/h1-5,11H,(H,12,13)/b4-2+. The number of carbonyl (C=O) groups is 1. The van der Waals surface area contributed by atoms with E-state index in [4.69, 9.17) is 10.2 Å². The molecule has 0 spiro atoms. The highest BCUT2D eigenvalue weighted by Crippen LogP contribution is 2.24. The molecular formula is C9H7BrO3. The Balaban J connectivity index is 2.92. The molecule has 0 aromatic heterocycles. The molecule has 0 amide bonds. The molecule has 68 valence electrons. The van der Waals surface area contributed by atoms with Crippen LogP contribution in [0.1, 0.15) is 5.56 Å². The Morgan fingerprint density at radius 1 is 1.46 bits per heavy atom. The lowest BCUT2D eigenvalue weighted by molar-refractivity contribution is -0.131. The Labute approximate surface area is 83.5 Å². The fraction of sp³-hybridized carbons (Fsp3) is 0. The van der Waals surface area contributed by atoms with Crippen molar-refractivity contribution < 1.29 is 15.0 Å². The van der Waals surface area contributed by atoms with Crippen LogP contribution in [0.3, 0.4) is 0 Å². The Kier molecular flexibility index (Phi) is 3.08. The fourth-order valence-electron chi connectivity index (χ4n) is 0.794. The maximum Gasteiger partial charge on any atom is 0.328 e. The molecule has 13 heavy (non-hydrogen) atoms. The van der Waals surface area contributed by atoms with Gasteiger partial charge in [-0.1, -0.05) is 6.07 Å². The summed E-state index contributed by atoms with van der Waals surface area (Å²) in [7, 11) is 0. The maximum absolute atomic E-state index is 10.2. The van der Waals surface area contributed by atoms with E-state index in [9.17, 15) is 4.79 Å². The van der Waals surface area contributed by atoms with Crippen LogP contribution >= 0.6 is 15.9 Å². The summed E-state index contributed by atoms with van der Waals surface area (Å²) in [6, 6.07) is 4.75. The highest BCUT2D eigenvalue weighted by atomic mass is 79.9. The van der Waals surface area contributed by atoms with Crippen molar-refractivity contribution in [1.82, 2.24) is 0 Å². The van der Waals surface area contributed by atoms with Gasteiger partial charge in [-0.15, -0.1) is 0 Å². The van der Waals surface area contributed by atoms with Crippen LogP contribution in [-0.4, -0.2) is 16.2 Å². The number of aliphatic carboxylic acids is 1. The smallest absolute Gasteiger partial charge is 0.328 e. The Morgan fingerprint density at radius 3 is 2.69 bits per heavy atom. The number of rotatable bonds is 2. The van der Waals surface area contributed by atoms with Gasteiger partial charge in [-0.05, 0) is 39.7 Å². The van der Waals surface area contributed by atoms with E-state index in [1.54, 1.807) is 12.1 Å². The van der Waals surface area contributed by atoms with Crippen molar-refractivity contribution in [1.29, 1.82) is 0 Å². The van der Waals surface area contributed by atoms with Gasteiger partial charge in [0.15, 0.2) is 0 Å². The van der Waals surface area contributed by atoms with Crippen LogP contribution in [0.2, 0.25) is 0 Å². The van der Waals surface area contributed by atoms with Crippen molar-refractivity contribution in [2.45, 2.75) is 0 Å². The zero-order valence-electron chi connectivity index (χ0n) is 6.57. The second kappa shape index (κ2) is 4.09. The lowest BCUT2D eigenvalue weighted by Gasteiger charge is -1.97. The molecule has 0 aliphatic rings. The predicted molar refractivity (Wildman–Crippen MR) is 52.5 cm³/mol. The molecule has 0 bridgehead atoms. The van der Waals surface area contributed by atoms with Crippen LogP contribution in [0, 0.1) is 0 Å². The van der Waals surface area contributed by atoms with Gasteiger partial charge in [-0.2, -0.15) is 0 Å². The van der Waals surface area contributed by atoms with E-state index in [-0.39, 0.29) is 5.75 Å². The van der Waals surface area contributed by atoms with E-state index in [0.717, 1.165) is 6.08 Å². The van der Waals surface area contributed by atoms with Gasteiger partial charge in [0, 0.05) is 6.08 Å². The van der Waals surface area contributed by atoms with Crippen molar-refractivity contribution in [3.63, 3.8) is 0 Å². The van der Waals surface area contributed by atoms with Crippen molar-refractivity contribution in [3.05, 3.63) is 34.3 Å². The summed E-state index contributed by atoms with van der Waals surface area (Å²) in [5, 5.41) is 17.5. The number of hydrogen-bond donors (Lipinski definition) is 2. The van der Waals surface area contributed by atoms with Crippen molar-refractivity contribution in [2.24, 2.45) is 0 Å². The molecule has 0 fully saturated rings. The summed E-state index contributed by atoms with van der Waals surface area (Å²) in [5.74, 6) is -0.864. The van der Waals surface area contributed by atoms with Crippen molar-refractivity contribution >= 4 is 28.0 Å². The molecule has 3 nitrogen and oxygen atoms in total. The minimum Gasteiger partial charge on any atom is -0.507 e. The average molecular weight is 243 g/mol. The van der Waals surface area contributed by atoms with Gasteiger partial charge >= 0.3 is 5.97 Å². The number of phenols is 1. The van der Waals surface area contributed by atoms with E-state index in [2.05, 4.69) is 15.9 Å². The third-order valence-corrected chi connectivity index (χ3v) is 2.03. The fourth-order valence-corrected chi connectivity index (χ4v) is 1.19. The first-order valence-corrected chi connectivity index (χ1v) is 4.28. The summed E-state index contributed by atoms with van der Waals surface area (Å²) in [5.41, 5.74) is 0.715. The maximum atomic E-state index is 10.2. The van der Waals surface area contributed by atoms with Crippen molar-refractivity contribution in [3.8, 4) is 5.75 Å². The molecule has 0 heterocycles. The topological polar surface area (TPSA) is 57.5 Å². The molecule has 0 radical (unpaired) electrons. The lowest BCUT2D eigenvalue weighted by Crippen LogP contribution is -1.85. The highest BCUT2D eigenvalue weighted by Gasteiger charge is 1.96. The Morgan fingerprint density at radius 2 is 2.15 bits per heavy atom. The van der Waals surface area contributed by atoms with Crippen LogP contribution in [0.25, 0.3) is 6.08 Å². The summed E-state index contributed by atoms with van der Waals surface area (Å²) in [6.45, 7) is 0. The van der Waals surface area contributed by atoms with E-state index in [1.807, 2.05) is 0 Å². The van der Waals surface area contributed by atoms with Crippen LogP contribution < -0.4 is 0 Å². The molecule has 4 heteroatoms. The lowest BCUT2D eigenvalue weighted by atomic mass is 10.2. The second-order valence-corrected chi connectivity index (χ2v) is 3.24. The molecule has 1 aromatic carbocycles. The van der Waals surface area contributed by atoms with Gasteiger partial charge in [0.1, 0.15) is 5.75 Å². The molecular weight excluding hydrogens is 236 g/mol.